The highest BCUT2D eigenvalue weighted by molar-refractivity contribution is 7.90. The zero-order valence-electron chi connectivity index (χ0n) is 12.0. The molecule has 0 spiro atoms. The Balaban J connectivity index is 1.95. The van der Waals surface area contributed by atoms with Gasteiger partial charge in [-0.1, -0.05) is 12.1 Å². The Hall–Kier alpha value is -3.00. The van der Waals surface area contributed by atoms with Gasteiger partial charge in [-0.2, -0.15) is 0 Å². The largest absolute Gasteiger partial charge is 0.451 e. The van der Waals surface area contributed by atoms with Gasteiger partial charge in [0, 0.05) is 6.07 Å². The number of sulfonamides is 1. The molecular formula is C16H10FNO5S. The van der Waals surface area contributed by atoms with E-state index < -0.39 is 32.9 Å². The summed E-state index contributed by atoms with van der Waals surface area (Å²) in [6.45, 7) is 0. The summed E-state index contributed by atoms with van der Waals surface area (Å²) in [7, 11) is -4.22. The molecule has 3 aromatic rings. The normalized spacial score (nSPS) is 11.4. The molecule has 0 radical (unpaired) electrons. The van der Waals surface area contributed by atoms with Crippen LogP contribution in [0.3, 0.4) is 0 Å². The highest BCUT2D eigenvalue weighted by Gasteiger charge is 2.21. The number of carbonyl (C=O) groups is 1. The SMILES string of the molecule is O=C(NS(=O)(=O)c1ccc(F)cc1)c1cc(=O)c2ccccc2o1. The third kappa shape index (κ3) is 3.04. The topological polar surface area (TPSA) is 93.5 Å². The van der Waals surface area contributed by atoms with E-state index in [1.54, 1.807) is 16.9 Å². The van der Waals surface area contributed by atoms with Gasteiger partial charge < -0.3 is 4.42 Å². The fourth-order valence-electron chi connectivity index (χ4n) is 2.06. The number of para-hydroxylation sites is 1. The molecule has 3 rings (SSSR count). The molecule has 0 saturated heterocycles. The van der Waals surface area contributed by atoms with Crippen LogP contribution in [0.5, 0.6) is 0 Å². The molecule has 2 aromatic carbocycles. The Bertz CT molecular complexity index is 1090. The number of amides is 1. The van der Waals surface area contributed by atoms with Crippen LogP contribution in [-0.2, 0) is 10.0 Å². The summed E-state index contributed by atoms with van der Waals surface area (Å²) in [5.41, 5.74) is -0.310. The fourth-order valence-corrected chi connectivity index (χ4v) is 3.02. The van der Waals surface area contributed by atoms with Crippen LogP contribution >= 0.6 is 0 Å². The maximum Gasteiger partial charge on any atom is 0.300 e. The number of hydrogen-bond donors (Lipinski definition) is 1. The van der Waals surface area contributed by atoms with Crippen LogP contribution in [0, 0.1) is 5.82 Å². The minimum Gasteiger partial charge on any atom is -0.451 e. The summed E-state index contributed by atoms with van der Waals surface area (Å²) in [6, 6.07) is 11.1. The van der Waals surface area contributed by atoms with Gasteiger partial charge in [0.1, 0.15) is 11.4 Å². The lowest BCUT2D eigenvalue weighted by atomic mass is 10.2. The molecule has 1 aromatic heterocycles. The van der Waals surface area contributed by atoms with E-state index in [2.05, 4.69) is 0 Å². The Morgan fingerprint density at radius 2 is 1.71 bits per heavy atom. The van der Waals surface area contributed by atoms with Crippen LogP contribution in [0.2, 0.25) is 0 Å². The number of carbonyl (C=O) groups excluding carboxylic acids is 1. The molecule has 1 N–H and O–H groups in total. The minimum absolute atomic E-state index is 0.161. The molecule has 24 heavy (non-hydrogen) atoms. The molecule has 0 aliphatic carbocycles. The second kappa shape index (κ2) is 5.89. The van der Waals surface area contributed by atoms with Gasteiger partial charge in [-0.05, 0) is 36.4 Å². The highest BCUT2D eigenvalue weighted by Crippen LogP contribution is 2.13. The molecule has 0 bridgehead atoms. The van der Waals surface area contributed by atoms with Crippen molar-refractivity contribution in [3.63, 3.8) is 0 Å². The van der Waals surface area contributed by atoms with E-state index in [4.69, 9.17) is 4.42 Å². The number of hydrogen-bond acceptors (Lipinski definition) is 5. The van der Waals surface area contributed by atoms with Crippen molar-refractivity contribution in [3.05, 3.63) is 76.4 Å². The van der Waals surface area contributed by atoms with Crippen LogP contribution in [-0.4, -0.2) is 14.3 Å². The zero-order chi connectivity index (χ0) is 17.3. The van der Waals surface area contributed by atoms with Gasteiger partial charge in [0.05, 0.1) is 10.3 Å². The Kier molecular flexibility index (Phi) is 3.90. The maximum atomic E-state index is 12.9. The minimum atomic E-state index is -4.22. The third-order valence-corrected chi connectivity index (χ3v) is 4.56. The van der Waals surface area contributed by atoms with Crippen LogP contribution < -0.4 is 10.2 Å². The molecule has 0 unspecified atom stereocenters. The van der Waals surface area contributed by atoms with Gasteiger partial charge in [-0.3, -0.25) is 9.59 Å². The molecule has 0 aliphatic rings. The van der Waals surface area contributed by atoms with Crippen molar-refractivity contribution in [3.8, 4) is 0 Å². The van der Waals surface area contributed by atoms with E-state index >= 15 is 0 Å². The molecule has 8 heteroatoms. The van der Waals surface area contributed by atoms with Crippen LogP contribution in [0.4, 0.5) is 4.39 Å². The molecule has 0 fully saturated rings. The predicted octanol–water partition coefficient (Wildman–Crippen LogP) is 2.05. The van der Waals surface area contributed by atoms with Crippen molar-refractivity contribution in [1.82, 2.24) is 4.72 Å². The average Bonchev–Trinajstić information content (AvgIpc) is 2.55. The van der Waals surface area contributed by atoms with E-state index in [-0.39, 0.29) is 15.9 Å². The number of nitrogens with one attached hydrogen (secondary N) is 1. The summed E-state index contributed by atoms with van der Waals surface area (Å²) >= 11 is 0. The van der Waals surface area contributed by atoms with Crippen LogP contribution in [0.25, 0.3) is 11.0 Å². The zero-order valence-corrected chi connectivity index (χ0v) is 12.8. The lowest BCUT2D eigenvalue weighted by Crippen LogP contribution is -2.31. The van der Waals surface area contributed by atoms with Gasteiger partial charge in [-0.25, -0.2) is 17.5 Å². The summed E-state index contributed by atoms with van der Waals surface area (Å²) in [5, 5.41) is 0.274. The van der Waals surface area contributed by atoms with Gasteiger partial charge in [0.15, 0.2) is 11.2 Å². The highest BCUT2D eigenvalue weighted by atomic mass is 32.2. The van der Waals surface area contributed by atoms with Crippen molar-refractivity contribution in [2.24, 2.45) is 0 Å². The van der Waals surface area contributed by atoms with Gasteiger partial charge in [-0.15, -0.1) is 0 Å². The summed E-state index contributed by atoms with van der Waals surface area (Å²) < 4.78 is 44.1. The number of halogens is 1. The Labute approximate surface area is 135 Å². The molecule has 0 aliphatic heterocycles. The number of rotatable bonds is 3. The first-order valence-electron chi connectivity index (χ1n) is 6.72. The second-order valence-corrected chi connectivity index (χ2v) is 6.54. The Morgan fingerprint density at radius 1 is 1.04 bits per heavy atom. The van der Waals surface area contributed by atoms with E-state index in [0.717, 1.165) is 30.3 Å². The monoisotopic (exact) mass is 347 g/mol. The fraction of sp³-hybridized carbons (Fsp3) is 0. The van der Waals surface area contributed by atoms with E-state index in [9.17, 15) is 22.4 Å². The number of benzene rings is 2. The van der Waals surface area contributed by atoms with Crippen molar-refractivity contribution < 1.29 is 22.0 Å². The molecule has 0 saturated carbocycles. The van der Waals surface area contributed by atoms with Gasteiger partial charge in [0.25, 0.3) is 10.0 Å². The maximum absolute atomic E-state index is 12.9. The second-order valence-electron chi connectivity index (χ2n) is 4.86. The molecule has 1 heterocycles. The predicted molar refractivity (Wildman–Crippen MR) is 83.5 cm³/mol. The first-order chi connectivity index (χ1) is 11.4. The van der Waals surface area contributed by atoms with Crippen molar-refractivity contribution in [1.29, 1.82) is 0 Å². The first kappa shape index (κ1) is 15.9. The quantitative estimate of drug-likeness (QED) is 0.783. The lowest BCUT2D eigenvalue weighted by Gasteiger charge is -2.07. The van der Waals surface area contributed by atoms with E-state index in [1.807, 2.05) is 0 Å². The first-order valence-corrected chi connectivity index (χ1v) is 8.21. The average molecular weight is 347 g/mol. The molecule has 6 nitrogen and oxygen atoms in total. The Morgan fingerprint density at radius 3 is 2.42 bits per heavy atom. The van der Waals surface area contributed by atoms with Gasteiger partial charge >= 0.3 is 5.91 Å². The van der Waals surface area contributed by atoms with Gasteiger partial charge in [0.2, 0.25) is 0 Å². The van der Waals surface area contributed by atoms with E-state index in [1.165, 1.54) is 12.1 Å². The van der Waals surface area contributed by atoms with Crippen LogP contribution in [0.15, 0.2) is 68.7 Å². The summed E-state index contributed by atoms with van der Waals surface area (Å²) in [5.74, 6) is -2.15. The smallest absolute Gasteiger partial charge is 0.300 e. The summed E-state index contributed by atoms with van der Waals surface area (Å²) in [6.07, 6.45) is 0. The van der Waals surface area contributed by atoms with Crippen molar-refractivity contribution >= 4 is 26.9 Å². The van der Waals surface area contributed by atoms with Crippen molar-refractivity contribution in [2.45, 2.75) is 4.90 Å². The summed E-state index contributed by atoms with van der Waals surface area (Å²) in [4.78, 5) is 23.8. The number of fused-ring (bicyclic) bond motifs is 1. The standard InChI is InChI=1S/C16H10FNO5S/c17-10-5-7-11(8-6-10)24(21,22)18-16(20)15-9-13(19)12-3-1-2-4-14(12)23-15/h1-9H,(H,18,20). The lowest BCUT2D eigenvalue weighted by molar-refractivity contribution is 0.0955. The molecule has 122 valence electrons. The van der Waals surface area contributed by atoms with Crippen LogP contribution in [0.1, 0.15) is 10.6 Å². The molecule has 1 amide bonds. The van der Waals surface area contributed by atoms with Crippen molar-refractivity contribution in [2.75, 3.05) is 0 Å². The molecule has 0 atom stereocenters. The third-order valence-electron chi connectivity index (χ3n) is 3.21. The van der Waals surface area contributed by atoms with E-state index in [0.29, 0.717) is 0 Å². The molecular weight excluding hydrogens is 337 g/mol.